The number of hydrogen-bond donors (Lipinski definition) is 0. The lowest BCUT2D eigenvalue weighted by Crippen LogP contribution is -2.30. The maximum absolute atomic E-state index is 5.30. The van der Waals surface area contributed by atoms with Crippen LogP contribution in [0.3, 0.4) is 0 Å². The molecule has 0 aromatic carbocycles. The number of rotatable bonds is 5. The van der Waals surface area contributed by atoms with Crippen molar-refractivity contribution in [2.45, 2.75) is 46.2 Å². The summed E-state index contributed by atoms with van der Waals surface area (Å²) in [6, 6.07) is 0. The SMILES string of the molecule is Cc1cnc(CN2CCCN(Cc3noc(C(C)C)n3)CC2)cn1. The summed E-state index contributed by atoms with van der Waals surface area (Å²) in [5.41, 5.74) is 2.00. The van der Waals surface area contributed by atoms with Gasteiger partial charge in [-0.15, -0.1) is 0 Å². The quantitative estimate of drug-likeness (QED) is 0.830. The van der Waals surface area contributed by atoms with Gasteiger partial charge < -0.3 is 4.52 Å². The molecule has 3 rings (SSSR count). The molecule has 1 fully saturated rings. The Morgan fingerprint density at radius 1 is 1.04 bits per heavy atom. The molecule has 0 N–H and O–H groups in total. The van der Waals surface area contributed by atoms with Gasteiger partial charge in [0.25, 0.3) is 0 Å². The van der Waals surface area contributed by atoms with Crippen LogP contribution in [0.4, 0.5) is 0 Å². The second-order valence-electron chi connectivity index (χ2n) is 6.76. The normalized spacial score (nSPS) is 17.3. The first-order valence-corrected chi connectivity index (χ1v) is 8.65. The molecule has 1 aliphatic rings. The number of hydrogen-bond acceptors (Lipinski definition) is 7. The Bertz CT molecular complexity index is 639. The van der Waals surface area contributed by atoms with Crippen molar-refractivity contribution in [1.29, 1.82) is 0 Å². The van der Waals surface area contributed by atoms with Gasteiger partial charge in [0.15, 0.2) is 5.82 Å². The van der Waals surface area contributed by atoms with E-state index in [0.717, 1.165) is 68.8 Å². The smallest absolute Gasteiger partial charge is 0.229 e. The summed E-state index contributed by atoms with van der Waals surface area (Å²) in [6.07, 6.45) is 4.85. The summed E-state index contributed by atoms with van der Waals surface area (Å²) in [4.78, 5) is 18.1. The molecular weight excluding hydrogens is 304 g/mol. The van der Waals surface area contributed by atoms with Crippen LogP contribution in [-0.2, 0) is 13.1 Å². The third-order valence-electron chi connectivity index (χ3n) is 4.24. The van der Waals surface area contributed by atoms with E-state index < -0.39 is 0 Å². The van der Waals surface area contributed by atoms with Crippen LogP contribution in [0.15, 0.2) is 16.9 Å². The molecule has 0 atom stereocenters. The van der Waals surface area contributed by atoms with E-state index in [2.05, 4.69) is 43.8 Å². The molecule has 0 bridgehead atoms. The van der Waals surface area contributed by atoms with Gasteiger partial charge in [0, 0.05) is 37.9 Å². The Morgan fingerprint density at radius 2 is 1.79 bits per heavy atom. The van der Waals surface area contributed by atoms with Crippen LogP contribution in [0.2, 0.25) is 0 Å². The minimum atomic E-state index is 0.279. The fourth-order valence-corrected chi connectivity index (χ4v) is 2.84. The Hall–Kier alpha value is -1.86. The van der Waals surface area contributed by atoms with E-state index in [-0.39, 0.29) is 5.92 Å². The highest BCUT2D eigenvalue weighted by Crippen LogP contribution is 2.13. The average Bonchev–Trinajstić information content (AvgIpc) is 2.92. The summed E-state index contributed by atoms with van der Waals surface area (Å²) >= 11 is 0. The van der Waals surface area contributed by atoms with Gasteiger partial charge in [-0.1, -0.05) is 19.0 Å². The van der Waals surface area contributed by atoms with Crippen molar-refractivity contribution in [2.75, 3.05) is 26.2 Å². The van der Waals surface area contributed by atoms with Gasteiger partial charge in [-0.3, -0.25) is 19.8 Å². The highest BCUT2D eigenvalue weighted by molar-refractivity contribution is 5.00. The second-order valence-corrected chi connectivity index (χ2v) is 6.76. The lowest BCUT2D eigenvalue weighted by Gasteiger charge is -2.20. The van der Waals surface area contributed by atoms with E-state index in [4.69, 9.17) is 4.52 Å². The fraction of sp³-hybridized carbons (Fsp3) is 0.647. The molecule has 7 nitrogen and oxygen atoms in total. The molecule has 0 saturated carbocycles. The van der Waals surface area contributed by atoms with Gasteiger partial charge in [-0.2, -0.15) is 4.98 Å². The largest absolute Gasteiger partial charge is 0.339 e. The first-order valence-electron chi connectivity index (χ1n) is 8.65. The van der Waals surface area contributed by atoms with Gasteiger partial charge in [0.05, 0.1) is 17.9 Å². The molecule has 1 saturated heterocycles. The van der Waals surface area contributed by atoms with E-state index in [1.54, 1.807) is 0 Å². The van der Waals surface area contributed by atoms with Crippen molar-refractivity contribution < 1.29 is 4.52 Å². The van der Waals surface area contributed by atoms with E-state index >= 15 is 0 Å². The van der Waals surface area contributed by atoms with Crippen LogP contribution < -0.4 is 0 Å². The molecule has 0 amide bonds. The molecule has 0 spiro atoms. The van der Waals surface area contributed by atoms with Crippen LogP contribution in [0, 0.1) is 6.92 Å². The second kappa shape index (κ2) is 7.81. The summed E-state index contributed by atoms with van der Waals surface area (Å²) in [5.74, 6) is 1.79. The standard InChI is InChI=1S/C17H26N6O/c1-13(2)17-20-16(21-24-17)12-23-6-4-5-22(7-8-23)11-15-10-18-14(3)9-19-15/h9-10,13H,4-8,11-12H2,1-3H3. The predicted octanol–water partition coefficient (Wildman–Crippen LogP) is 2.00. The summed E-state index contributed by atoms with van der Waals surface area (Å²) in [6.45, 7) is 11.9. The molecule has 0 radical (unpaired) electrons. The summed E-state index contributed by atoms with van der Waals surface area (Å²) in [7, 11) is 0. The molecule has 2 aromatic rings. The molecule has 1 aliphatic heterocycles. The van der Waals surface area contributed by atoms with Crippen molar-refractivity contribution in [3.8, 4) is 0 Å². The molecule has 130 valence electrons. The zero-order chi connectivity index (χ0) is 16.9. The van der Waals surface area contributed by atoms with Crippen LogP contribution in [0.25, 0.3) is 0 Å². The first kappa shape index (κ1) is 17.0. The van der Waals surface area contributed by atoms with Gasteiger partial charge >= 0.3 is 0 Å². The van der Waals surface area contributed by atoms with Crippen molar-refractivity contribution >= 4 is 0 Å². The zero-order valence-corrected chi connectivity index (χ0v) is 14.8. The lowest BCUT2D eigenvalue weighted by molar-refractivity contribution is 0.239. The number of aromatic nitrogens is 4. The summed E-state index contributed by atoms with van der Waals surface area (Å²) < 4.78 is 5.30. The summed E-state index contributed by atoms with van der Waals surface area (Å²) in [5, 5.41) is 4.10. The maximum Gasteiger partial charge on any atom is 0.229 e. The molecule has 0 aliphatic carbocycles. The molecular formula is C17H26N6O. The van der Waals surface area contributed by atoms with Crippen LogP contribution >= 0.6 is 0 Å². The van der Waals surface area contributed by atoms with Crippen LogP contribution in [0.5, 0.6) is 0 Å². The Morgan fingerprint density at radius 3 is 2.42 bits per heavy atom. The number of nitrogens with zero attached hydrogens (tertiary/aromatic N) is 6. The van der Waals surface area contributed by atoms with Gasteiger partial charge in [-0.05, 0) is 26.4 Å². The van der Waals surface area contributed by atoms with E-state index in [1.807, 2.05) is 19.3 Å². The topological polar surface area (TPSA) is 71.2 Å². The minimum absolute atomic E-state index is 0.279. The van der Waals surface area contributed by atoms with Crippen molar-refractivity contribution in [3.05, 3.63) is 35.5 Å². The van der Waals surface area contributed by atoms with Crippen LogP contribution in [-0.4, -0.2) is 56.1 Å². The van der Waals surface area contributed by atoms with Crippen molar-refractivity contribution in [3.63, 3.8) is 0 Å². The molecule has 7 heteroatoms. The Kier molecular flexibility index (Phi) is 5.52. The monoisotopic (exact) mass is 330 g/mol. The minimum Gasteiger partial charge on any atom is -0.339 e. The molecule has 2 aromatic heterocycles. The number of aryl methyl sites for hydroxylation is 1. The van der Waals surface area contributed by atoms with E-state index in [9.17, 15) is 0 Å². The Labute approximate surface area is 143 Å². The molecule has 24 heavy (non-hydrogen) atoms. The van der Waals surface area contributed by atoms with Crippen LogP contribution in [0.1, 0.15) is 49.3 Å². The van der Waals surface area contributed by atoms with Gasteiger partial charge in [0.2, 0.25) is 5.89 Å². The highest BCUT2D eigenvalue weighted by atomic mass is 16.5. The first-order chi connectivity index (χ1) is 11.6. The van der Waals surface area contributed by atoms with Crippen molar-refractivity contribution in [1.82, 2.24) is 29.9 Å². The average molecular weight is 330 g/mol. The highest BCUT2D eigenvalue weighted by Gasteiger charge is 2.18. The van der Waals surface area contributed by atoms with E-state index in [0.29, 0.717) is 0 Å². The zero-order valence-electron chi connectivity index (χ0n) is 14.8. The molecule has 0 unspecified atom stereocenters. The molecule has 3 heterocycles. The van der Waals surface area contributed by atoms with Crippen molar-refractivity contribution in [2.24, 2.45) is 0 Å². The Balaban J connectivity index is 1.51. The lowest BCUT2D eigenvalue weighted by atomic mass is 10.2. The predicted molar refractivity (Wildman–Crippen MR) is 90.3 cm³/mol. The van der Waals surface area contributed by atoms with E-state index in [1.165, 1.54) is 0 Å². The third-order valence-corrected chi connectivity index (χ3v) is 4.24. The third kappa shape index (κ3) is 4.58. The maximum atomic E-state index is 5.30. The fourth-order valence-electron chi connectivity index (χ4n) is 2.84. The van der Waals surface area contributed by atoms with Gasteiger partial charge in [-0.25, -0.2) is 0 Å². The van der Waals surface area contributed by atoms with Gasteiger partial charge in [0.1, 0.15) is 0 Å².